The molecule has 124 valence electrons. The molecule has 0 aliphatic carbocycles. The van der Waals surface area contributed by atoms with Crippen molar-refractivity contribution >= 4 is 68.2 Å². The smallest absolute Gasteiger partial charge is 0.413 e. The van der Waals surface area contributed by atoms with Gasteiger partial charge in [-0.2, -0.15) is 0 Å². The minimum Gasteiger partial charge on any atom is -0.445 e. The molecule has 2 rings (SSSR count). The summed E-state index contributed by atoms with van der Waals surface area (Å²) in [5, 5.41) is 4.59. The van der Waals surface area contributed by atoms with E-state index in [1.165, 1.54) is 11.3 Å². The normalized spacial score (nSPS) is 12.7. The van der Waals surface area contributed by atoms with E-state index >= 15 is 0 Å². The average molecular weight is 414 g/mol. The summed E-state index contributed by atoms with van der Waals surface area (Å²) in [4.78, 5) is 16.6. The number of alkyl halides is 3. The third-order valence-corrected chi connectivity index (χ3v) is 4.58. The van der Waals surface area contributed by atoms with Crippen LogP contribution in [0.5, 0.6) is 0 Å². The Hall–Kier alpha value is -0.860. The quantitative estimate of drug-likeness (QED) is 0.751. The maximum absolute atomic E-state index is 11.5. The highest BCUT2D eigenvalue weighted by Gasteiger charge is 2.22. The van der Waals surface area contributed by atoms with Crippen molar-refractivity contribution in [2.24, 2.45) is 0 Å². The molecule has 1 N–H and O–H groups in total. The van der Waals surface area contributed by atoms with Gasteiger partial charge >= 0.3 is 6.09 Å². The van der Waals surface area contributed by atoms with Crippen molar-refractivity contribution in [1.29, 1.82) is 0 Å². The zero-order chi connectivity index (χ0) is 17.0. The maximum Gasteiger partial charge on any atom is 0.413 e. The summed E-state index contributed by atoms with van der Waals surface area (Å²) in [5.74, 6) is 0. The third-order valence-electron chi connectivity index (χ3n) is 2.56. The van der Waals surface area contributed by atoms with E-state index in [-0.39, 0.29) is 6.61 Å². The summed E-state index contributed by atoms with van der Waals surface area (Å²) < 4.78 is 14.5. The fraction of sp³-hybridized carbons (Fsp3) is 0.231. The average Bonchev–Trinajstić information content (AvgIpc) is 2.93. The largest absolute Gasteiger partial charge is 0.445 e. The van der Waals surface area contributed by atoms with Crippen LogP contribution in [0.3, 0.4) is 0 Å². The number of hydrogen-bond acceptors (Lipinski definition) is 5. The first kappa shape index (κ1) is 18.5. The molecular formula is C13H11Cl3N2O3S2. The molecule has 1 unspecified atom stereocenters. The van der Waals surface area contributed by atoms with Crippen LogP contribution < -0.4 is 5.32 Å². The molecule has 0 radical (unpaired) electrons. The lowest BCUT2D eigenvalue weighted by molar-refractivity contribution is 0.164. The van der Waals surface area contributed by atoms with E-state index in [0.29, 0.717) is 10.8 Å². The lowest BCUT2D eigenvalue weighted by Gasteiger charge is -2.10. The number of rotatable bonds is 4. The zero-order valence-electron chi connectivity index (χ0n) is 11.7. The molecule has 2 aromatic rings. The minimum absolute atomic E-state index is 0.359. The number of halogens is 3. The van der Waals surface area contributed by atoms with Crippen molar-refractivity contribution in [3.63, 3.8) is 0 Å². The third kappa shape index (κ3) is 5.93. The van der Waals surface area contributed by atoms with E-state index in [1.807, 2.05) is 12.1 Å². The second-order valence-electron chi connectivity index (χ2n) is 4.33. The number of hydrogen-bond donors (Lipinski definition) is 1. The molecular weight excluding hydrogens is 403 g/mol. The van der Waals surface area contributed by atoms with E-state index in [1.54, 1.807) is 23.8 Å². The highest BCUT2D eigenvalue weighted by Crippen LogP contribution is 2.27. The lowest BCUT2D eigenvalue weighted by atomic mass is 10.2. The summed E-state index contributed by atoms with van der Waals surface area (Å²) >= 11 is 17.7. The molecule has 1 atom stereocenters. The maximum atomic E-state index is 11.5. The molecule has 10 heteroatoms. The van der Waals surface area contributed by atoms with Gasteiger partial charge in [0.25, 0.3) is 0 Å². The van der Waals surface area contributed by atoms with Gasteiger partial charge in [-0.1, -0.05) is 46.9 Å². The molecule has 1 aromatic heterocycles. The van der Waals surface area contributed by atoms with Gasteiger partial charge in [0.15, 0.2) is 5.13 Å². The Morgan fingerprint density at radius 1 is 1.35 bits per heavy atom. The van der Waals surface area contributed by atoms with Crippen LogP contribution in [-0.4, -0.2) is 31.9 Å². The van der Waals surface area contributed by atoms with Crippen LogP contribution >= 0.6 is 46.1 Å². The summed E-state index contributed by atoms with van der Waals surface area (Å²) in [5.41, 5.74) is 1.53. The zero-order valence-corrected chi connectivity index (χ0v) is 15.6. The van der Waals surface area contributed by atoms with Crippen molar-refractivity contribution in [2.45, 2.75) is 8.69 Å². The molecule has 0 saturated heterocycles. The first-order chi connectivity index (χ1) is 10.7. The van der Waals surface area contributed by atoms with E-state index < -0.39 is 20.7 Å². The number of nitrogens with zero attached hydrogens (tertiary/aromatic N) is 1. The topological polar surface area (TPSA) is 68.3 Å². The van der Waals surface area contributed by atoms with Crippen LogP contribution in [0.15, 0.2) is 34.5 Å². The van der Waals surface area contributed by atoms with Gasteiger partial charge in [0.1, 0.15) is 6.61 Å². The number of amides is 1. The van der Waals surface area contributed by atoms with Crippen molar-refractivity contribution < 1.29 is 13.7 Å². The molecule has 5 nitrogen and oxygen atoms in total. The molecule has 23 heavy (non-hydrogen) atoms. The van der Waals surface area contributed by atoms with Gasteiger partial charge in [-0.25, -0.2) is 9.78 Å². The standard InChI is InChI=1S/C13H11Cl3N2O3S2/c1-23(20)9-4-2-8(3-5-9)10-6-22-11(17-10)18-12(19)21-7-13(14,15)16/h2-6H,7H2,1H3,(H,17,18,19). The van der Waals surface area contributed by atoms with Crippen LogP contribution in [0.2, 0.25) is 0 Å². The summed E-state index contributed by atoms with van der Waals surface area (Å²) in [6.07, 6.45) is 0.858. The van der Waals surface area contributed by atoms with E-state index in [0.717, 1.165) is 10.5 Å². The van der Waals surface area contributed by atoms with E-state index in [2.05, 4.69) is 10.3 Å². The Bertz CT molecular complexity index is 714. The second-order valence-corrected chi connectivity index (χ2v) is 9.09. The van der Waals surface area contributed by atoms with Crippen molar-refractivity contribution in [2.75, 3.05) is 18.2 Å². The fourth-order valence-electron chi connectivity index (χ4n) is 1.55. The molecule has 0 fully saturated rings. The molecule has 0 saturated carbocycles. The molecule has 1 heterocycles. The van der Waals surface area contributed by atoms with Gasteiger partial charge in [0.05, 0.1) is 5.69 Å². The van der Waals surface area contributed by atoms with Gasteiger partial charge in [0, 0.05) is 32.9 Å². The number of carbonyl (C=O) groups excluding carboxylic acids is 1. The molecule has 1 amide bonds. The van der Waals surface area contributed by atoms with Crippen LogP contribution in [0, 0.1) is 0 Å². The number of anilines is 1. The molecule has 0 aliphatic rings. The monoisotopic (exact) mass is 412 g/mol. The van der Waals surface area contributed by atoms with Gasteiger partial charge < -0.3 is 4.74 Å². The van der Waals surface area contributed by atoms with Gasteiger partial charge in [0.2, 0.25) is 3.79 Å². The predicted molar refractivity (Wildman–Crippen MR) is 95.1 cm³/mol. The van der Waals surface area contributed by atoms with Crippen LogP contribution in [0.1, 0.15) is 0 Å². The number of nitrogens with one attached hydrogen (secondary N) is 1. The Labute approximate surface area is 154 Å². The predicted octanol–water partition coefficient (Wildman–Crippen LogP) is 4.47. The SMILES string of the molecule is CS(=O)c1ccc(-c2csc(NC(=O)OCC(Cl)(Cl)Cl)n2)cc1. The Morgan fingerprint density at radius 2 is 2.00 bits per heavy atom. The second kappa shape index (κ2) is 7.81. The Balaban J connectivity index is 2.00. The first-order valence-corrected chi connectivity index (χ1v) is 9.72. The van der Waals surface area contributed by atoms with Gasteiger partial charge in [-0.3, -0.25) is 9.53 Å². The van der Waals surface area contributed by atoms with Crippen LogP contribution in [0.25, 0.3) is 11.3 Å². The summed E-state index contributed by atoms with van der Waals surface area (Å²) in [6.45, 7) is -0.364. The minimum atomic E-state index is -1.66. The van der Waals surface area contributed by atoms with Crippen molar-refractivity contribution in [3.05, 3.63) is 29.6 Å². The van der Waals surface area contributed by atoms with Crippen molar-refractivity contribution in [1.82, 2.24) is 4.98 Å². The highest BCUT2D eigenvalue weighted by molar-refractivity contribution is 7.84. The summed E-state index contributed by atoms with van der Waals surface area (Å²) in [6, 6.07) is 7.17. The first-order valence-electron chi connectivity index (χ1n) is 6.14. The number of ether oxygens (including phenoxy) is 1. The Morgan fingerprint density at radius 3 is 2.57 bits per heavy atom. The van der Waals surface area contributed by atoms with Gasteiger partial charge in [-0.05, 0) is 12.1 Å². The van der Waals surface area contributed by atoms with E-state index in [9.17, 15) is 9.00 Å². The number of carbonyl (C=O) groups is 1. The van der Waals surface area contributed by atoms with Crippen LogP contribution in [-0.2, 0) is 15.5 Å². The van der Waals surface area contributed by atoms with Gasteiger partial charge in [-0.15, -0.1) is 11.3 Å². The molecule has 0 aliphatic heterocycles. The molecule has 1 aromatic carbocycles. The fourth-order valence-corrected chi connectivity index (χ4v) is 2.94. The Kier molecular flexibility index (Phi) is 6.27. The van der Waals surface area contributed by atoms with Crippen molar-refractivity contribution in [3.8, 4) is 11.3 Å². The molecule has 0 spiro atoms. The number of benzene rings is 1. The lowest BCUT2D eigenvalue weighted by Crippen LogP contribution is -2.21. The molecule has 0 bridgehead atoms. The summed E-state index contributed by atoms with van der Waals surface area (Å²) in [7, 11) is -1.03. The number of aromatic nitrogens is 1. The van der Waals surface area contributed by atoms with E-state index in [4.69, 9.17) is 39.5 Å². The number of thiazole rings is 1. The highest BCUT2D eigenvalue weighted by atomic mass is 35.6. The van der Waals surface area contributed by atoms with Crippen LogP contribution in [0.4, 0.5) is 9.93 Å².